The van der Waals surface area contributed by atoms with Crippen molar-refractivity contribution in [3.8, 4) is 11.1 Å². The van der Waals surface area contributed by atoms with Crippen LogP contribution >= 0.6 is 0 Å². The Hall–Kier alpha value is -3.71. The minimum atomic E-state index is -0.925. The molecule has 0 aromatic heterocycles. The summed E-state index contributed by atoms with van der Waals surface area (Å²) in [5, 5.41) is 3.27. The van der Waals surface area contributed by atoms with Crippen molar-refractivity contribution in [2.24, 2.45) is 11.8 Å². The van der Waals surface area contributed by atoms with E-state index in [4.69, 9.17) is 14.2 Å². The van der Waals surface area contributed by atoms with Crippen molar-refractivity contribution in [2.75, 3.05) is 27.4 Å². The summed E-state index contributed by atoms with van der Waals surface area (Å²) in [5.41, 5.74) is 4.98. The van der Waals surface area contributed by atoms with Crippen LogP contribution in [0.4, 0.5) is 0 Å². The SMILES string of the molecule is COCCOC(=O)C1=C(C)NC2=C(C(=O)[C@H](C(=O)OC)[C@@H](C)C2)[C@@H]1c1ccc(-c2ccccc2)cc1. The number of hydrogen-bond donors (Lipinski definition) is 1. The number of esters is 2. The number of methoxy groups -OCH3 is 2. The van der Waals surface area contributed by atoms with Gasteiger partial charge < -0.3 is 19.5 Å². The summed E-state index contributed by atoms with van der Waals surface area (Å²) in [6, 6.07) is 17.8. The maximum atomic E-state index is 13.8. The molecule has 0 saturated carbocycles. The van der Waals surface area contributed by atoms with E-state index in [1.165, 1.54) is 14.2 Å². The van der Waals surface area contributed by atoms with Crippen LogP contribution in [0, 0.1) is 11.8 Å². The summed E-state index contributed by atoms with van der Waals surface area (Å²) in [4.78, 5) is 39.6. The normalized spacial score (nSPS) is 21.6. The van der Waals surface area contributed by atoms with Gasteiger partial charge in [-0.3, -0.25) is 9.59 Å². The first-order valence-electron chi connectivity index (χ1n) is 12.0. The number of ketones is 1. The van der Waals surface area contributed by atoms with Crippen molar-refractivity contribution >= 4 is 17.7 Å². The maximum absolute atomic E-state index is 13.8. The van der Waals surface area contributed by atoms with Crippen LogP contribution in [0.1, 0.15) is 31.7 Å². The monoisotopic (exact) mass is 489 g/mol. The summed E-state index contributed by atoms with van der Waals surface area (Å²) < 4.78 is 15.5. The Labute approximate surface area is 211 Å². The van der Waals surface area contributed by atoms with Gasteiger partial charge in [0.15, 0.2) is 5.78 Å². The number of ether oxygens (including phenoxy) is 3. The van der Waals surface area contributed by atoms with Gasteiger partial charge in [-0.05, 0) is 36.0 Å². The number of benzene rings is 2. The van der Waals surface area contributed by atoms with Crippen LogP contribution in [0.15, 0.2) is 77.1 Å². The molecule has 0 saturated heterocycles. The Kier molecular flexibility index (Phi) is 7.70. The molecule has 36 heavy (non-hydrogen) atoms. The van der Waals surface area contributed by atoms with Crippen LogP contribution in [-0.2, 0) is 28.6 Å². The van der Waals surface area contributed by atoms with E-state index in [0.29, 0.717) is 23.3 Å². The average Bonchev–Trinajstić information content (AvgIpc) is 2.88. The molecule has 0 spiro atoms. The van der Waals surface area contributed by atoms with Gasteiger partial charge in [0, 0.05) is 30.0 Å². The number of Topliss-reactive ketones (excluding diaryl/α,β-unsaturated/α-hetero) is 1. The second-order valence-corrected chi connectivity index (χ2v) is 9.15. The van der Waals surface area contributed by atoms with Crippen molar-refractivity contribution < 1.29 is 28.6 Å². The van der Waals surface area contributed by atoms with Gasteiger partial charge in [-0.15, -0.1) is 0 Å². The number of allylic oxidation sites excluding steroid dienone is 3. The molecule has 4 rings (SSSR count). The number of carbonyl (C=O) groups excluding carboxylic acids is 3. The Balaban J connectivity index is 1.80. The lowest BCUT2D eigenvalue weighted by Gasteiger charge is -2.38. The highest BCUT2D eigenvalue weighted by molar-refractivity contribution is 6.12. The molecule has 2 aromatic carbocycles. The molecule has 7 nitrogen and oxygen atoms in total. The van der Waals surface area contributed by atoms with Crippen molar-refractivity contribution in [2.45, 2.75) is 26.2 Å². The first kappa shape index (κ1) is 25.4. The average molecular weight is 490 g/mol. The molecule has 1 aliphatic carbocycles. The summed E-state index contributed by atoms with van der Waals surface area (Å²) in [5.74, 6) is -3.25. The third kappa shape index (κ3) is 4.84. The van der Waals surface area contributed by atoms with Crippen molar-refractivity contribution in [3.63, 3.8) is 0 Å². The maximum Gasteiger partial charge on any atom is 0.336 e. The summed E-state index contributed by atoms with van der Waals surface area (Å²) >= 11 is 0. The number of rotatable bonds is 7. The van der Waals surface area contributed by atoms with E-state index in [1.807, 2.05) is 68.4 Å². The summed E-state index contributed by atoms with van der Waals surface area (Å²) in [6.07, 6.45) is 0.489. The zero-order chi connectivity index (χ0) is 25.8. The zero-order valence-electron chi connectivity index (χ0n) is 21.0. The molecule has 188 valence electrons. The summed E-state index contributed by atoms with van der Waals surface area (Å²) in [7, 11) is 2.82. The minimum absolute atomic E-state index is 0.0907. The molecule has 0 fully saturated rings. The highest BCUT2D eigenvalue weighted by Crippen LogP contribution is 2.45. The van der Waals surface area contributed by atoms with Crippen LogP contribution in [0.2, 0.25) is 0 Å². The molecule has 0 radical (unpaired) electrons. The molecule has 0 unspecified atom stereocenters. The molecule has 1 N–H and O–H groups in total. The molecular weight excluding hydrogens is 458 g/mol. The van der Waals surface area contributed by atoms with E-state index < -0.39 is 23.8 Å². The number of carbonyl (C=O) groups is 3. The van der Waals surface area contributed by atoms with Gasteiger partial charge in [0.05, 0.1) is 19.3 Å². The van der Waals surface area contributed by atoms with E-state index in [-0.39, 0.29) is 24.9 Å². The molecule has 1 heterocycles. The number of nitrogens with one attached hydrogen (secondary N) is 1. The van der Waals surface area contributed by atoms with Gasteiger partial charge in [-0.2, -0.15) is 0 Å². The predicted octanol–water partition coefficient (Wildman–Crippen LogP) is 4.16. The number of dihydropyridines is 1. The topological polar surface area (TPSA) is 90.9 Å². The van der Waals surface area contributed by atoms with E-state index in [1.54, 1.807) is 0 Å². The van der Waals surface area contributed by atoms with E-state index in [2.05, 4.69) is 5.32 Å². The first-order valence-corrected chi connectivity index (χ1v) is 12.0. The molecule has 2 aromatic rings. The van der Waals surface area contributed by atoms with E-state index in [9.17, 15) is 14.4 Å². The largest absolute Gasteiger partial charge is 0.468 e. The van der Waals surface area contributed by atoms with Crippen LogP contribution in [0.5, 0.6) is 0 Å². The lowest BCUT2D eigenvalue weighted by atomic mass is 9.69. The fourth-order valence-electron chi connectivity index (χ4n) is 5.08. The van der Waals surface area contributed by atoms with Gasteiger partial charge in [0.25, 0.3) is 0 Å². The lowest BCUT2D eigenvalue weighted by Crippen LogP contribution is -2.43. The quantitative estimate of drug-likeness (QED) is 0.355. The third-order valence-corrected chi connectivity index (χ3v) is 6.83. The second kappa shape index (κ2) is 10.9. The zero-order valence-corrected chi connectivity index (χ0v) is 21.0. The molecule has 2 aliphatic rings. The standard InChI is InChI=1S/C29H31NO6/c1-17-16-22-26(27(31)23(17)28(32)35-4)25(24(18(2)30-22)29(33)36-15-14-34-3)21-12-10-20(11-13-21)19-8-6-5-7-9-19/h5-13,17,23,25,30H,14-16H2,1-4H3/t17-,23+,25+/m0/s1. The molecule has 1 aliphatic heterocycles. The van der Waals surface area contributed by atoms with Crippen LogP contribution in [0.25, 0.3) is 11.1 Å². The Morgan fingerprint density at radius 1 is 0.972 bits per heavy atom. The third-order valence-electron chi connectivity index (χ3n) is 6.83. The van der Waals surface area contributed by atoms with E-state index in [0.717, 1.165) is 22.4 Å². The Morgan fingerprint density at radius 3 is 2.28 bits per heavy atom. The minimum Gasteiger partial charge on any atom is -0.468 e. The highest BCUT2D eigenvalue weighted by atomic mass is 16.6. The van der Waals surface area contributed by atoms with E-state index >= 15 is 0 Å². The van der Waals surface area contributed by atoms with Crippen molar-refractivity contribution in [3.05, 3.63) is 82.7 Å². The van der Waals surface area contributed by atoms with Gasteiger partial charge >= 0.3 is 11.9 Å². The van der Waals surface area contributed by atoms with Crippen LogP contribution in [-0.4, -0.2) is 45.2 Å². The van der Waals surface area contributed by atoms with Gasteiger partial charge in [0.2, 0.25) is 0 Å². The van der Waals surface area contributed by atoms with Crippen LogP contribution in [0.3, 0.4) is 0 Å². The Bertz CT molecular complexity index is 1210. The fraction of sp³-hybridized carbons (Fsp3) is 0.345. The summed E-state index contributed by atoms with van der Waals surface area (Å²) in [6.45, 7) is 4.02. The van der Waals surface area contributed by atoms with Gasteiger partial charge in [-0.1, -0.05) is 61.5 Å². The van der Waals surface area contributed by atoms with Gasteiger partial charge in [-0.25, -0.2) is 4.79 Å². The highest BCUT2D eigenvalue weighted by Gasteiger charge is 2.47. The molecule has 7 heteroatoms. The first-order chi connectivity index (χ1) is 17.4. The van der Waals surface area contributed by atoms with Gasteiger partial charge in [0.1, 0.15) is 12.5 Å². The van der Waals surface area contributed by atoms with Crippen molar-refractivity contribution in [1.82, 2.24) is 5.32 Å². The second-order valence-electron chi connectivity index (χ2n) is 9.15. The molecule has 0 amide bonds. The molecule has 3 atom stereocenters. The number of hydrogen-bond acceptors (Lipinski definition) is 7. The smallest absolute Gasteiger partial charge is 0.336 e. The lowest BCUT2D eigenvalue weighted by molar-refractivity contribution is -0.151. The van der Waals surface area contributed by atoms with Crippen LogP contribution < -0.4 is 5.32 Å². The van der Waals surface area contributed by atoms with Crippen molar-refractivity contribution in [1.29, 1.82) is 0 Å². The Morgan fingerprint density at radius 2 is 1.64 bits per heavy atom. The molecule has 0 bridgehead atoms. The predicted molar refractivity (Wildman–Crippen MR) is 135 cm³/mol. The molecular formula is C29H31NO6. The fourth-order valence-corrected chi connectivity index (χ4v) is 5.08.